The van der Waals surface area contributed by atoms with Crippen LogP contribution in [0.1, 0.15) is 49.9 Å². The van der Waals surface area contributed by atoms with Crippen LogP contribution in [0.2, 0.25) is 0 Å². The van der Waals surface area contributed by atoms with Crippen LogP contribution in [-0.4, -0.2) is 0 Å². The highest BCUT2D eigenvalue weighted by molar-refractivity contribution is 6.36. The lowest BCUT2D eigenvalue weighted by Gasteiger charge is -2.37. The molecule has 0 aliphatic heterocycles. The fourth-order valence-electron chi connectivity index (χ4n) is 8.20. The van der Waals surface area contributed by atoms with Gasteiger partial charge in [-0.25, -0.2) is 0 Å². The molecule has 0 bridgehead atoms. The van der Waals surface area contributed by atoms with Gasteiger partial charge in [-0.3, -0.25) is 0 Å². The largest absolute Gasteiger partial charge is 0.0619 e. The summed E-state index contributed by atoms with van der Waals surface area (Å²) in [4.78, 5) is 0. The quantitative estimate of drug-likeness (QED) is 0.148. The van der Waals surface area contributed by atoms with Crippen LogP contribution < -0.4 is 0 Å². The summed E-state index contributed by atoms with van der Waals surface area (Å²) in [7, 11) is 0. The van der Waals surface area contributed by atoms with Crippen LogP contribution in [0.4, 0.5) is 0 Å². The van der Waals surface area contributed by atoms with Crippen molar-refractivity contribution < 1.29 is 0 Å². The highest BCUT2D eigenvalue weighted by Gasteiger charge is 2.36. The zero-order valence-corrected chi connectivity index (χ0v) is 22.2. The highest BCUT2D eigenvalue weighted by Crippen LogP contribution is 2.55. The van der Waals surface area contributed by atoms with E-state index in [1.54, 1.807) is 0 Å². The van der Waals surface area contributed by atoms with Crippen molar-refractivity contribution in [3.05, 3.63) is 119 Å². The van der Waals surface area contributed by atoms with Crippen molar-refractivity contribution in [1.29, 1.82) is 0 Å². The van der Waals surface area contributed by atoms with Gasteiger partial charge >= 0.3 is 0 Å². The van der Waals surface area contributed by atoms with Gasteiger partial charge in [-0.2, -0.15) is 0 Å². The van der Waals surface area contributed by atoms with E-state index in [1.165, 1.54) is 87.6 Å². The summed E-state index contributed by atoms with van der Waals surface area (Å²) < 4.78 is 0. The van der Waals surface area contributed by atoms with Gasteiger partial charge in [0.2, 0.25) is 0 Å². The fraction of sp³-hybridized carbons (Fsp3) is 0.158. The van der Waals surface area contributed by atoms with Crippen LogP contribution in [0.3, 0.4) is 0 Å². The molecule has 0 unspecified atom stereocenters. The summed E-state index contributed by atoms with van der Waals surface area (Å²) in [6.45, 7) is 9.56. The first-order chi connectivity index (χ1) is 18.4. The van der Waals surface area contributed by atoms with Gasteiger partial charge < -0.3 is 0 Å². The van der Waals surface area contributed by atoms with Gasteiger partial charge in [0.15, 0.2) is 0 Å². The molecule has 0 saturated heterocycles. The summed E-state index contributed by atoms with van der Waals surface area (Å²) in [5.74, 6) is 0. The van der Waals surface area contributed by atoms with E-state index in [1.807, 2.05) is 0 Å². The Morgan fingerprint density at radius 3 is 1.11 bits per heavy atom. The molecule has 0 amide bonds. The van der Waals surface area contributed by atoms with Gasteiger partial charge in [0.1, 0.15) is 0 Å². The van der Waals surface area contributed by atoms with E-state index < -0.39 is 0 Å². The Labute approximate surface area is 222 Å². The molecule has 9 rings (SSSR count). The Balaban J connectivity index is 1.53. The normalized spacial score (nSPS) is 16.3. The smallest absolute Gasteiger partial charge is 0.0159 e. The molecule has 0 aromatic heterocycles. The van der Waals surface area contributed by atoms with Gasteiger partial charge in [0.05, 0.1) is 0 Å². The molecule has 0 nitrogen and oxygen atoms in total. The molecule has 2 aliphatic rings. The summed E-state index contributed by atoms with van der Waals surface area (Å²) in [5, 5.41) is 11.2. The lowest BCUT2D eigenvalue weighted by Crippen LogP contribution is -2.24. The molecule has 0 atom stereocenters. The standard InChI is InChI=1S/C38H28/c1-37(2)29-11-7-5-9-21(29)23-13-15-25-26-16-14-24-22-10-6-8-12-30(22)38(3,4)32-20-18-28(34(26)36(24)32)27-17-19-31(37)35(23)33(25)27/h5-20H,1-4H3. The minimum Gasteiger partial charge on any atom is -0.0619 e. The average Bonchev–Trinajstić information content (AvgIpc) is 2.94. The van der Waals surface area contributed by atoms with E-state index in [0.29, 0.717) is 0 Å². The van der Waals surface area contributed by atoms with E-state index in [0.717, 1.165) is 0 Å². The minimum absolute atomic E-state index is 0.0430. The molecule has 38 heavy (non-hydrogen) atoms. The number of rotatable bonds is 0. The first kappa shape index (κ1) is 20.8. The maximum Gasteiger partial charge on any atom is 0.0159 e. The van der Waals surface area contributed by atoms with Crippen molar-refractivity contribution in [3.63, 3.8) is 0 Å². The second kappa shape index (κ2) is 6.45. The minimum atomic E-state index is -0.0430. The Bertz CT molecular complexity index is 1990. The van der Waals surface area contributed by atoms with E-state index in [2.05, 4.69) is 125 Å². The number of hydrogen-bond donors (Lipinski definition) is 0. The van der Waals surface area contributed by atoms with Gasteiger partial charge in [-0.15, -0.1) is 0 Å². The van der Waals surface area contributed by atoms with Gasteiger partial charge in [-0.05, 0) is 87.6 Å². The number of hydrogen-bond acceptors (Lipinski definition) is 0. The van der Waals surface area contributed by atoms with Crippen LogP contribution in [0.25, 0.3) is 65.3 Å². The van der Waals surface area contributed by atoms with E-state index >= 15 is 0 Å². The van der Waals surface area contributed by atoms with Crippen molar-refractivity contribution in [2.24, 2.45) is 0 Å². The molecule has 7 aromatic rings. The molecular weight excluding hydrogens is 456 g/mol. The molecule has 7 aromatic carbocycles. The van der Waals surface area contributed by atoms with E-state index in [4.69, 9.17) is 0 Å². The SMILES string of the molecule is CC1(C)c2ccccc2-c2ccc3c4ccc5c6c(ccc(c7ccc1c2c37)c64)C(C)(C)c1ccccc1-5. The predicted molar refractivity (Wildman–Crippen MR) is 163 cm³/mol. The van der Waals surface area contributed by atoms with E-state index in [9.17, 15) is 0 Å². The van der Waals surface area contributed by atoms with Crippen LogP contribution in [-0.2, 0) is 10.8 Å². The zero-order valence-electron chi connectivity index (χ0n) is 22.2. The fourth-order valence-corrected chi connectivity index (χ4v) is 8.20. The Hall–Kier alpha value is -4.16. The Kier molecular flexibility index (Phi) is 3.54. The van der Waals surface area contributed by atoms with Crippen molar-refractivity contribution >= 4 is 43.1 Å². The molecule has 180 valence electrons. The van der Waals surface area contributed by atoms with Crippen molar-refractivity contribution in [2.45, 2.75) is 38.5 Å². The molecule has 0 spiro atoms. The lowest BCUT2D eigenvalue weighted by atomic mass is 9.66. The predicted octanol–water partition coefficient (Wildman–Crippen LogP) is 10.3. The van der Waals surface area contributed by atoms with Gasteiger partial charge in [0.25, 0.3) is 0 Å². The van der Waals surface area contributed by atoms with Crippen LogP contribution >= 0.6 is 0 Å². The third-order valence-electron chi connectivity index (χ3n) is 10.0. The maximum atomic E-state index is 2.42. The Morgan fingerprint density at radius 1 is 0.316 bits per heavy atom. The average molecular weight is 485 g/mol. The topological polar surface area (TPSA) is 0 Å². The van der Waals surface area contributed by atoms with Crippen LogP contribution in [0, 0.1) is 0 Å². The summed E-state index contributed by atoms with van der Waals surface area (Å²) in [6, 6.07) is 37.2. The second-order valence-electron chi connectivity index (χ2n) is 12.5. The molecule has 0 N–H and O–H groups in total. The summed E-state index contributed by atoms with van der Waals surface area (Å²) in [5.41, 5.74) is 11.1. The molecule has 2 aliphatic carbocycles. The van der Waals surface area contributed by atoms with Crippen molar-refractivity contribution in [2.75, 3.05) is 0 Å². The molecule has 0 heteroatoms. The second-order valence-corrected chi connectivity index (χ2v) is 12.5. The van der Waals surface area contributed by atoms with Gasteiger partial charge in [-0.1, -0.05) is 125 Å². The zero-order chi connectivity index (χ0) is 25.6. The third-order valence-corrected chi connectivity index (χ3v) is 10.0. The highest BCUT2D eigenvalue weighted by atomic mass is 14.4. The van der Waals surface area contributed by atoms with Crippen molar-refractivity contribution in [3.8, 4) is 22.3 Å². The molecule has 0 saturated carbocycles. The molecule has 0 heterocycles. The molecule has 0 fully saturated rings. The van der Waals surface area contributed by atoms with Gasteiger partial charge in [0, 0.05) is 10.8 Å². The lowest BCUT2D eigenvalue weighted by molar-refractivity contribution is 0.645. The third kappa shape index (κ3) is 2.18. The molecular formula is C38H28. The van der Waals surface area contributed by atoms with Crippen molar-refractivity contribution in [1.82, 2.24) is 0 Å². The molecule has 0 radical (unpaired) electrons. The first-order valence-electron chi connectivity index (χ1n) is 13.8. The number of benzene rings is 7. The van der Waals surface area contributed by atoms with Crippen LogP contribution in [0.5, 0.6) is 0 Å². The monoisotopic (exact) mass is 484 g/mol. The Morgan fingerprint density at radius 2 is 0.684 bits per heavy atom. The maximum absolute atomic E-state index is 2.42. The van der Waals surface area contributed by atoms with E-state index in [-0.39, 0.29) is 10.8 Å². The summed E-state index contributed by atoms with van der Waals surface area (Å²) in [6.07, 6.45) is 0. The number of fused-ring (bicyclic) bond motifs is 6. The first-order valence-corrected chi connectivity index (χ1v) is 13.8. The van der Waals surface area contributed by atoms with Crippen LogP contribution in [0.15, 0.2) is 97.1 Å². The summed E-state index contributed by atoms with van der Waals surface area (Å²) >= 11 is 0.